The van der Waals surface area contributed by atoms with Gasteiger partial charge in [-0.05, 0) is 42.8 Å². The molecule has 4 heteroatoms. The third-order valence-corrected chi connectivity index (χ3v) is 6.10. The van der Waals surface area contributed by atoms with Gasteiger partial charge in [0.05, 0.1) is 6.10 Å². The van der Waals surface area contributed by atoms with Crippen molar-refractivity contribution in [2.75, 3.05) is 5.75 Å². The molecular formula is C16H30O3S. The van der Waals surface area contributed by atoms with E-state index in [-0.39, 0.29) is 0 Å². The molecule has 118 valence electrons. The maximum atomic E-state index is 10.4. The molecule has 0 saturated carbocycles. The Labute approximate surface area is 127 Å². The van der Waals surface area contributed by atoms with Crippen LogP contribution in [0.2, 0.25) is 0 Å². The molecule has 1 N–H and O–H groups in total. The van der Waals surface area contributed by atoms with Crippen LogP contribution in [0.25, 0.3) is 0 Å². The highest BCUT2D eigenvalue weighted by Crippen LogP contribution is 2.40. The highest BCUT2D eigenvalue weighted by atomic mass is 32.2. The summed E-state index contributed by atoms with van der Waals surface area (Å²) in [5, 5.41) is 8.59. The second-order valence-corrected chi connectivity index (χ2v) is 7.31. The van der Waals surface area contributed by atoms with Gasteiger partial charge >= 0.3 is 5.97 Å². The Hall–Kier alpha value is -0.220. The van der Waals surface area contributed by atoms with Crippen LogP contribution in [0.4, 0.5) is 0 Å². The third kappa shape index (κ3) is 5.28. The number of thioether (sulfide) groups is 1. The van der Waals surface area contributed by atoms with E-state index in [0.29, 0.717) is 35.7 Å². The number of ether oxygens (including phenoxy) is 1. The van der Waals surface area contributed by atoms with Gasteiger partial charge in [-0.1, -0.05) is 34.1 Å². The van der Waals surface area contributed by atoms with Gasteiger partial charge in [0.2, 0.25) is 0 Å². The molecule has 1 fully saturated rings. The molecule has 2 unspecified atom stereocenters. The zero-order chi connectivity index (χ0) is 15.1. The topological polar surface area (TPSA) is 46.5 Å². The van der Waals surface area contributed by atoms with E-state index < -0.39 is 5.97 Å². The number of carboxylic acids is 1. The van der Waals surface area contributed by atoms with Crippen LogP contribution in [0.15, 0.2) is 0 Å². The molecule has 0 aromatic heterocycles. The van der Waals surface area contributed by atoms with Gasteiger partial charge in [-0.3, -0.25) is 4.79 Å². The summed E-state index contributed by atoms with van der Waals surface area (Å²) in [6.45, 7) is 9.16. The summed E-state index contributed by atoms with van der Waals surface area (Å²) in [5.41, 5.74) is 0.311. The summed E-state index contributed by atoms with van der Waals surface area (Å²) in [6, 6.07) is 0. The van der Waals surface area contributed by atoms with E-state index in [4.69, 9.17) is 9.84 Å². The van der Waals surface area contributed by atoms with Crippen LogP contribution < -0.4 is 0 Å². The van der Waals surface area contributed by atoms with Gasteiger partial charge in [0.15, 0.2) is 0 Å². The minimum Gasteiger partial charge on any atom is -0.481 e. The van der Waals surface area contributed by atoms with Crippen LogP contribution in [0.3, 0.4) is 0 Å². The summed E-state index contributed by atoms with van der Waals surface area (Å²) in [6.07, 6.45) is 4.67. The molecule has 1 heterocycles. The summed E-state index contributed by atoms with van der Waals surface area (Å²) in [4.78, 5) is 10.4. The molecule has 1 rings (SSSR count). The maximum absolute atomic E-state index is 10.4. The van der Waals surface area contributed by atoms with Gasteiger partial charge in [0.25, 0.3) is 0 Å². The van der Waals surface area contributed by atoms with Crippen LogP contribution in [0.1, 0.15) is 59.8 Å². The fourth-order valence-electron chi connectivity index (χ4n) is 2.90. The predicted molar refractivity (Wildman–Crippen MR) is 85.0 cm³/mol. The largest absolute Gasteiger partial charge is 0.481 e. The lowest BCUT2D eigenvalue weighted by Crippen LogP contribution is -2.43. The Morgan fingerprint density at radius 2 is 1.80 bits per heavy atom. The van der Waals surface area contributed by atoms with Crippen LogP contribution in [-0.2, 0) is 9.53 Å². The van der Waals surface area contributed by atoms with E-state index in [1.54, 1.807) is 0 Å². The van der Waals surface area contributed by atoms with Gasteiger partial charge in [-0.2, -0.15) is 0 Å². The average molecular weight is 302 g/mol. The average Bonchev–Trinajstić information content (AvgIpc) is 2.42. The van der Waals surface area contributed by atoms with Crippen molar-refractivity contribution in [1.82, 2.24) is 0 Å². The van der Waals surface area contributed by atoms with E-state index in [1.165, 1.54) is 0 Å². The zero-order valence-electron chi connectivity index (χ0n) is 13.3. The van der Waals surface area contributed by atoms with Crippen LogP contribution in [0, 0.1) is 17.8 Å². The van der Waals surface area contributed by atoms with E-state index in [1.807, 2.05) is 11.8 Å². The van der Waals surface area contributed by atoms with Crippen molar-refractivity contribution < 1.29 is 14.6 Å². The lowest BCUT2D eigenvalue weighted by Gasteiger charge is -2.43. The Bertz CT molecular complexity index is 293. The van der Waals surface area contributed by atoms with E-state index in [2.05, 4.69) is 27.7 Å². The van der Waals surface area contributed by atoms with Gasteiger partial charge in [-0.25, -0.2) is 0 Å². The van der Waals surface area contributed by atoms with Crippen LogP contribution >= 0.6 is 11.8 Å². The van der Waals surface area contributed by atoms with Crippen molar-refractivity contribution in [3.63, 3.8) is 0 Å². The number of unbranched alkanes of at least 4 members (excludes halogenated alkanes) is 2. The SMILES string of the molecule is CCC1O[C@@H](SCCCCCC(=O)O)[C@@H](C)C(C)[C@@H]1C. The van der Waals surface area contributed by atoms with E-state index in [9.17, 15) is 4.79 Å². The summed E-state index contributed by atoms with van der Waals surface area (Å²) in [5.74, 6) is 2.33. The minimum absolute atomic E-state index is 0.299. The van der Waals surface area contributed by atoms with Crippen molar-refractivity contribution in [2.24, 2.45) is 17.8 Å². The number of rotatable bonds is 8. The highest BCUT2D eigenvalue weighted by Gasteiger charge is 2.38. The summed E-state index contributed by atoms with van der Waals surface area (Å²) >= 11 is 1.92. The monoisotopic (exact) mass is 302 g/mol. The first kappa shape index (κ1) is 17.8. The Balaban J connectivity index is 2.26. The Morgan fingerprint density at radius 1 is 1.10 bits per heavy atom. The fraction of sp³-hybridized carbons (Fsp3) is 0.938. The molecule has 5 atom stereocenters. The molecule has 0 radical (unpaired) electrons. The standard InChI is InChI=1S/C16H30O3S/c1-5-14-12(3)11(2)13(4)16(19-14)20-10-8-6-7-9-15(17)18/h11-14,16H,5-10H2,1-4H3,(H,17,18)/t11?,12-,13-,14?,16-/m0/s1. The molecule has 20 heavy (non-hydrogen) atoms. The molecular weight excluding hydrogens is 272 g/mol. The van der Waals surface area contributed by atoms with E-state index >= 15 is 0 Å². The summed E-state index contributed by atoms with van der Waals surface area (Å²) in [7, 11) is 0. The van der Waals surface area contributed by atoms with Gasteiger partial charge in [0.1, 0.15) is 5.44 Å². The van der Waals surface area contributed by atoms with Crippen LogP contribution in [-0.4, -0.2) is 28.4 Å². The number of aliphatic carboxylic acids is 1. The zero-order valence-corrected chi connectivity index (χ0v) is 14.1. The first-order valence-electron chi connectivity index (χ1n) is 7.96. The maximum Gasteiger partial charge on any atom is 0.303 e. The lowest BCUT2D eigenvalue weighted by atomic mass is 9.79. The second-order valence-electron chi connectivity index (χ2n) is 6.10. The molecule has 0 aromatic carbocycles. The molecule has 0 aliphatic carbocycles. The van der Waals surface area contributed by atoms with Crippen molar-refractivity contribution in [2.45, 2.75) is 71.3 Å². The lowest BCUT2D eigenvalue weighted by molar-refractivity contribution is -0.137. The number of hydrogen-bond donors (Lipinski definition) is 1. The normalized spacial score (nSPS) is 34.1. The minimum atomic E-state index is -0.685. The first-order chi connectivity index (χ1) is 9.47. The molecule has 1 aliphatic rings. The molecule has 0 aromatic rings. The van der Waals surface area contributed by atoms with Crippen LogP contribution in [0.5, 0.6) is 0 Å². The molecule has 1 saturated heterocycles. The highest BCUT2D eigenvalue weighted by molar-refractivity contribution is 7.99. The number of carboxylic acid groups (broad SMARTS) is 1. The van der Waals surface area contributed by atoms with Crippen molar-refractivity contribution in [1.29, 1.82) is 0 Å². The molecule has 1 aliphatic heterocycles. The van der Waals surface area contributed by atoms with E-state index in [0.717, 1.165) is 31.4 Å². The van der Waals surface area contributed by atoms with Gasteiger partial charge in [0, 0.05) is 6.42 Å². The van der Waals surface area contributed by atoms with Gasteiger partial charge in [-0.15, -0.1) is 11.8 Å². The Morgan fingerprint density at radius 3 is 2.40 bits per heavy atom. The van der Waals surface area contributed by atoms with Gasteiger partial charge < -0.3 is 9.84 Å². The molecule has 0 bridgehead atoms. The fourth-order valence-corrected chi connectivity index (χ4v) is 4.27. The van der Waals surface area contributed by atoms with Crippen molar-refractivity contribution in [3.8, 4) is 0 Å². The third-order valence-electron chi connectivity index (χ3n) is 4.70. The summed E-state index contributed by atoms with van der Waals surface area (Å²) < 4.78 is 6.24. The van der Waals surface area contributed by atoms with Crippen molar-refractivity contribution >= 4 is 17.7 Å². The molecule has 0 amide bonds. The molecule has 3 nitrogen and oxygen atoms in total. The second kappa shape index (κ2) is 8.93. The van der Waals surface area contributed by atoms with Crippen molar-refractivity contribution in [3.05, 3.63) is 0 Å². The first-order valence-corrected chi connectivity index (χ1v) is 9.01. The predicted octanol–water partition coefficient (Wildman–Crippen LogP) is 4.41. The smallest absolute Gasteiger partial charge is 0.303 e. The quantitative estimate of drug-likeness (QED) is 0.675. The molecule has 0 spiro atoms. The number of carbonyl (C=O) groups is 1. The number of hydrogen-bond acceptors (Lipinski definition) is 3. The Kier molecular flexibility index (Phi) is 7.96.